The molecule has 6 heterocycles. The van der Waals surface area contributed by atoms with Gasteiger partial charge in [-0.3, -0.25) is 0 Å². The average Bonchev–Trinajstić information content (AvgIpc) is 1.50. The van der Waals surface area contributed by atoms with Crippen molar-refractivity contribution >= 4 is 173 Å². The van der Waals surface area contributed by atoms with Crippen molar-refractivity contribution in [3.63, 3.8) is 0 Å². The summed E-state index contributed by atoms with van der Waals surface area (Å²) in [7, 11) is 0. The van der Waals surface area contributed by atoms with Gasteiger partial charge >= 0.3 is 0 Å². The molecule has 0 saturated carbocycles. The summed E-state index contributed by atoms with van der Waals surface area (Å²) < 4.78 is 12.0. The number of para-hydroxylation sites is 6. The Morgan fingerprint density at radius 2 is 0.473 bits per heavy atom. The predicted octanol–water partition coefficient (Wildman–Crippen LogP) is 28.3. The molecule has 0 aliphatic heterocycles. The number of nitrogens with zero attached hydrogens (tertiary/aromatic N) is 6. The minimum Gasteiger partial charge on any atom is -0.309 e. The molecule has 0 unspecified atom stereocenters. The molecule has 0 radical (unpaired) electrons. The van der Waals surface area contributed by atoms with E-state index in [2.05, 4.69) is 394 Å². The Hall–Kier alpha value is -14.0. The van der Waals surface area contributed by atoms with Crippen LogP contribution in [0.2, 0.25) is 0 Å². The second-order valence-corrected chi connectivity index (χ2v) is 30.8. The Labute approximate surface area is 639 Å². The van der Waals surface area contributed by atoms with Gasteiger partial charge in [0.1, 0.15) is 10.0 Å². The molecule has 512 valence electrons. The maximum atomic E-state index is 5.21. The van der Waals surface area contributed by atoms with Gasteiger partial charge in [0.25, 0.3) is 0 Å². The number of hydrogen-bond donors (Lipinski definition) is 0. The molecule has 0 aliphatic rings. The van der Waals surface area contributed by atoms with Gasteiger partial charge in [0.2, 0.25) is 0 Å². The standard InChI is InChI=1S/2C51H31N3S/c1-3-11-33(12-4-1)51-52-50-48(55-51)28-23-32-19-20-36-29-38(24-25-39(36)49(32)50)54-45-18-10-8-16-41(45)43-31-35(22-27-47(43)54)34-21-26-46-42(30-34)40-15-7-9-17-44(40)53(46)37-13-5-2-6-14-37;1-2-10-34(11-3-1)51-52-50-48(55-51)29-23-33-18-19-36-30-38(26-27-39(36)49(33)50)54-46-17-9-6-14-42(46)43-31-35(22-28-47(43)54)32-20-24-37(25-21-32)53-44-15-7-4-12-40(44)41-13-5-8-16-45(41)53/h2*1-31H. The van der Waals surface area contributed by atoms with Crippen molar-refractivity contribution in [2.45, 2.75) is 0 Å². The summed E-state index contributed by atoms with van der Waals surface area (Å²) in [5.41, 5.74) is 23.6. The van der Waals surface area contributed by atoms with Gasteiger partial charge in [0, 0.05) is 87.7 Å². The summed E-state index contributed by atoms with van der Waals surface area (Å²) in [6.45, 7) is 0. The fourth-order valence-electron chi connectivity index (χ4n) is 17.6. The lowest BCUT2D eigenvalue weighted by Gasteiger charge is -2.12. The molecule has 0 aliphatic carbocycles. The molecule has 8 heteroatoms. The van der Waals surface area contributed by atoms with E-state index in [1.54, 1.807) is 22.7 Å². The Balaban J connectivity index is 0.000000132. The molecule has 24 aromatic rings. The molecule has 6 aromatic heterocycles. The second-order valence-electron chi connectivity index (χ2n) is 28.7. The maximum Gasteiger partial charge on any atom is 0.124 e. The third-order valence-corrected chi connectivity index (χ3v) is 24.8. The first-order valence-corrected chi connectivity index (χ1v) is 39.1. The van der Waals surface area contributed by atoms with Crippen LogP contribution >= 0.6 is 22.7 Å². The van der Waals surface area contributed by atoms with Gasteiger partial charge in [-0.25, -0.2) is 9.97 Å². The summed E-state index contributed by atoms with van der Waals surface area (Å²) in [5.74, 6) is 0. The number of rotatable bonds is 8. The largest absolute Gasteiger partial charge is 0.309 e. The average molecular weight is 1440 g/mol. The highest BCUT2D eigenvalue weighted by Crippen LogP contribution is 2.45. The van der Waals surface area contributed by atoms with Crippen LogP contribution in [0.4, 0.5) is 0 Å². The molecule has 0 bridgehead atoms. The molecule has 24 rings (SSSR count). The van der Waals surface area contributed by atoms with Crippen molar-refractivity contribution in [2.24, 2.45) is 0 Å². The van der Waals surface area contributed by atoms with Crippen LogP contribution in [0.1, 0.15) is 0 Å². The molecular formula is C102H62N6S2. The molecular weight excluding hydrogens is 1370 g/mol. The normalized spacial score (nSPS) is 12.0. The topological polar surface area (TPSA) is 45.5 Å². The molecule has 18 aromatic carbocycles. The molecule has 0 saturated heterocycles. The van der Waals surface area contributed by atoms with Gasteiger partial charge in [-0.15, -0.1) is 22.7 Å². The van der Waals surface area contributed by atoms with E-state index in [0.29, 0.717) is 0 Å². The third-order valence-electron chi connectivity index (χ3n) is 22.6. The van der Waals surface area contributed by atoms with Crippen LogP contribution in [-0.2, 0) is 0 Å². The Kier molecular flexibility index (Phi) is 14.0. The SMILES string of the molecule is c1ccc(-c2nc3c(ccc4ccc5cc(-n6c7ccccc7c7cc(-c8ccc(-n9c%10ccccc%10c%10ccccc%109)cc8)ccc76)ccc5c43)s2)cc1.c1ccc(-c2nc3c(ccc4ccc5cc(-n6c7ccccc7c7cc(-c8ccc9c(c8)c8ccccc8n9-c8ccccc8)ccc76)ccc5c43)s2)cc1. The highest BCUT2D eigenvalue weighted by Gasteiger charge is 2.22. The number of benzene rings is 18. The minimum atomic E-state index is 1.06. The first-order chi connectivity index (χ1) is 54.5. The van der Waals surface area contributed by atoms with Crippen molar-refractivity contribution in [3.05, 3.63) is 376 Å². The van der Waals surface area contributed by atoms with E-state index in [1.807, 2.05) is 0 Å². The van der Waals surface area contributed by atoms with E-state index in [4.69, 9.17) is 9.97 Å². The number of hydrogen-bond acceptors (Lipinski definition) is 4. The third kappa shape index (κ3) is 9.80. The fourth-order valence-corrected chi connectivity index (χ4v) is 19.6. The van der Waals surface area contributed by atoms with Crippen molar-refractivity contribution < 1.29 is 0 Å². The molecule has 0 N–H and O–H groups in total. The van der Waals surface area contributed by atoms with Gasteiger partial charge in [0.05, 0.1) is 64.6 Å². The van der Waals surface area contributed by atoms with E-state index in [9.17, 15) is 0 Å². The zero-order chi connectivity index (χ0) is 72.1. The Morgan fingerprint density at radius 1 is 0.182 bits per heavy atom. The van der Waals surface area contributed by atoms with Crippen LogP contribution < -0.4 is 0 Å². The van der Waals surface area contributed by atoms with Gasteiger partial charge < -0.3 is 18.3 Å². The number of fused-ring (bicyclic) bond motifs is 22. The summed E-state index contributed by atoms with van der Waals surface area (Å²) in [6.07, 6.45) is 0. The van der Waals surface area contributed by atoms with Gasteiger partial charge in [-0.2, -0.15) is 0 Å². The molecule has 0 amide bonds. The quantitative estimate of drug-likeness (QED) is 0.142. The summed E-state index contributed by atoms with van der Waals surface area (Å²) in [6, 6.07) is 137. The second kappa shape index (κ2) is 24.8. The smallest absolute Gasteiger partial charge is 0.124 e. The Morgan fingerprint density at radius 3 is 0.873 bits per heavy atom. The van der Waals surface area contributed by atoms with Crippen molar-refractivity contribution in [3.8, 4) is 66.1 Å². The molecule has 0 spiro atoms. The van der Waals surface area contributed by atoms with Gasteiger partial charge in [-0.05, 0) is 182 Å². The fraction of sp³-hybridized carbons (Fsp3) is 0. The Bertz CT molecular complexity index is 7840. The van der Waals surface area contributed by atoms with Crippen molar-refractivity contribution in [1.82, 2.24) is 28.2 Å². The molecule has 6 nitrogen and oxygen atoms in total. The zero-order valence-electron chi connectivity index (χ0n) is 59.3. The number of aromatic nitrogens is 6. The number of thiazole rings is 2. The molecule has 0 fully saturated rings. The minimum absolute atomic E-state index is 1.06. The lowest BCUT2D eigenvalue weighted by molar-refractivity contribution is 1.18. The van der Waals surface area contributed by atoms with Crippen LogP contribution in [0.25, 0.3) is 217 Å². The first kappa shape index (κ1) is 62.2. The lowest BCUT2D eigenvalue weighted by Crippen LogP contribution is -1.94. The van der Waals surface area contributed by atoms with Crippen LogP contribution in [0.3, 0.4) is 0 Å². The van der Waals surface area contributed by atoms with Gasteiger partial charge in [-0.1, -0.05) is 249 Å². The summed E-state index contributed by atoms with van der Waals surface area (Å²) in [5, 5.41) is 21.9. The summed E-state index contributed by atoms with van der Waals surface area (Å²) >= 11 is 3.52. The van der Waals surface area contributed by atoms with Crippen molar-refractivity contribution in [1.29, 1.82) is 0 Å². The van der Waals surface area contributed by atoms with E-state index in [1.165, 1.54) is 168 Å². The predicted molar refractivity (Wildman–Crippen MR) is 468 cm³/mol. The first-order valence-electron chi connectivity index (χ1n) is 37.4. The van der Waals surface area contributed by atoms with E-state index >= 15 is 0 Å². The van der Waals surface area contributed by atoms with Crippen LogP contribution in [-0.4, -0.2) is 28.2 Å². The molecule has 0 atom stereocenters. The van der Waals surface area contributed by atoms with E-state index in [-0.39, 0.29) is 0 Å². The zero-order valence-corrected chi connectivity index (χ0v) is 60.9. The van der Waals surface area contributed by atoms with Crippen molar-refractivity contribution in [2.75, 3.05) is 0 Å². The maximum absolute atomic E-state index is 5.21. The molecule has 110 heavy (non-hydrogen) atoms. The highest BCUT2D eigenvalue weighted by atomic mass is 32.1. The van der Waals surface area contributed by atoms with E-state index in [0.717, 1.165) is 49.2 Å². The van der Waals surface area contributed by atoms with Crippen LogP contribution in [0.5, 0.6) is 0 Å². The van der Waals surface area contributed by atoms with Crippen LogP contribution in [0.15, 0.2) is 376 Å². The lowest BCUT2D eigenvalue weighted by atomic mass is 10.00. The summed E-state index contributed by atoms with van der Waals surface area (Å²) in [4.78, 5) is 10.4. The van der Waals surface area contributed by atoms with Gasteiger partial charge in [0.15, 0.2) is 0 Å². The monoisotopic (exact) mass is 1430 g/mol. The van der Waals surface area contributed by atoms with E-state index < -0.39 is 0 Å². The van der Waals surface area contributed by atoms with Crippen LogP contribution in [0, 0.1) is 0 Å². The highest BCUT2D eigenvalue weighted by molar-refractivity contribution is 7.22.